The van der Waals surface area contributed by atoms with E-state index in [2.05, 4.69) is 10.3 Å². The van der Waals surface area contributed by atoms with E-state index in [1.807, 2.05) is 38.1 Å². The molecular formula is C17H17N3O3S. The smallest absolute Gasteiger partial charge is 0.271 e. The Morgan fingerprint density at radius 1 is 1.33 bits per heavy atom. The third-order valence-electron chi connectivity index (χ3n) is 3.69. The lowest BCUT2D eigenvalue weighted by molar-refractivity contribution is 0.0914. The number of amides is 1. The van der Waals surface area contributed by atoms with E-state index in [0.717, 1.165) is 10.4 Å². The van der Waals surface area contributed by atoms with Crippen LogP contribution in [0, 0.1) is 13.8 Å². The van der Waals surface area contributed by atoms with Crippen molar-refractivity contribution in [2.45, 2.75) is 20.0 Å². The maximum absolute atomic E-state index is 12.3. The summed E-state index contributed by atoms with van der Waals surface area (Å²) in [7, 11) is 0. The van der Waals surface area contributed by atoms with Gasteiger partial charge in [-0.25, -0.2) is 4.98 Å². The quantitative estimate of drug-likeness (QED) is 0.757. The number of hydrogen-bond donors (Lipinski definition) is 2. The summed E-state index contributed by atoms with van der Waals surface area (Å²) in [5, 5.41) is 12.7. The van der Waals surface area contributed by atoms with E-state index in [4.69, 9.17) is 0 Å². The Labute approximate surface area is 142 Å². The number of benzene rings is 1. The van der Waals surface area contributed by atoms with Gasteiger partial charge in [-0.15, -0.1) is 11.3 Å². The Kier molecular flexibility index (Phi) is 4.46. The van der Waals surface area contributed by atoms with Crippen molar-refractivity contribution in [3.63, 3.8) is 0 Å². The van der Waals surface area contributed by atoms with Crippen LogP contribution in [0.5, 0.6) is 0 Å². The summed E-state index contributed by atoms with van der Waals surface area (Å²) in [5.74, 6) is -0.545. The molecule has 3 aromatic rings. The van der Waals surface area contributed by atoms with E-state index < -0.39 is 17.6 Å². The molecule has 1 atom stereocenters. The average Bonchev–Trinajstić information content (AvgIpc) is 2.95. The number of carbonyl (C=O) groups excluding carboxylic acids is 1. The number of hydrogen-bond acceptors (Lipinski definition) is 5. The summed E-state index contributed by atoms with van der Waals surface area (Å²) in [4.78, 5) is 30.2. The molecule has 0 bridgehead atoms. The monoisotopic (exact) mass is 343 g/mol. The second kappa shape index (κ2) is 6.54. The fourth-order valence-corrected chi connectivity index (χ4v) is 3.13. The highest BCUT2D eigenvalue weighted by Crippen LogP contribution is 2.14. The summed E-state index contributed by atoms with van der Waals surface area (Å²) in [6, 6.07) is 7.40. The lowest BCUT2D eigenvalue weighted by Gasteiger charge is -2.12. The number of nitrogens with one attached hydrogen (secondary N) is 1. The molecule has 0 radical (unpaired) electrons. The first-order valence-corrected chi connectivity index (χ1v) is 8.28. The molecule has 1 amide bonds. The van der Waals surface area contributed by atoms with Gasteiger partial charge in [0.25, 0.3) is 11.5 Å². The molecule has 0 aliphatic heterocycles. The highest BCUT2D eigenvalue weighted by atomic mass is 32.1. The lowest BCUT2D eigenvalue weighted by atomic mass is 10.1. The van der Waals surface area contributed by atoms with Crippen LogP contribution in [0.4, 0.5) is 0 Å². The Hall–Kier alpha value is -2.51. The highest BCUT2D eigenvalue weighted by molar-refractivity contribution is 7.16. The van der Waals surface area contributed by atoms with Gasteiger partial charge >= 0.3 is 0 Å². The van der Waals surface area contributed by atoms with Crippen molar-refractivity contribution in [3.05, 3.63) is 68.6 Å². The number of aryl methyl sites for hydroxylation is 2. The van der Waals surface area contributed by atoms with Gasteiger partial charge in [0.15, 0.2) is 4.96 Å². The van der Waals surface area contributed by atoms with Crippen LogP contribution in [0.15, 0.2) is 41.5 Å². The van der Waals surface area contributed by atoms with Crippen LogP contribution in [0.1, 0.15) is 32.5 Å². The second-order valence-corrected chi connectivity index (χ2v) is 6.82. The Morgan fingerprint density at radius 2 is 2.04 bits per heavy atom. The van der Waals surface area contributed by atoms with Crippen LogP contribution in [-0.4, -0.2) is 26.9 Å². The SMILES string of the molecule is Cc1ccc(C(O)CNC(=O)c2cnc3sc(C)cn3c2=O)cc1. The number of fused-ring (bicyclic) bond motifs is 1. The number of aliphatic hydroxyl groups excluding tert-OH is 1. The molecule has 124 valence electrons. The van der Waals surface area contributed by atoms with Crippen LogP contribution in [-0.2, 0) is 0 Å². The van der Waals surface area contributed by atoms with Crippen molar-refractivity contribution in [1.29, 1.82) is 0 Å². The molecule has 1 unspecified atom stereocenters. The van der Waals surface area contributed by atoms with Crippen LogP contribution in [0.25, 0.3) is 4.96 Å². The van der Waals surface area contributed by atoms with Gasteiger partial charge in [-0.1, -0.05) is 29.8 Å². The minimum atomic E-state index is -0.836. The molecule has 7 heteroatoms. The first kappa shape index (κ1) is 16.4. The van der Waals surface area contributed by atoms with E-state index in [1.54, 1.807) is 6.20 Å². The van der Waals surface area contributed by atoms with Gasteiger partial charge in [0.05, 0.1) is 6.10 Å². The van der Waals surface area contributed by atoms with Crippen molar-refractivity contribution in [2.24, 2.45) is 0 Å². The summed E-state index contributed by atoms with van der Waals surface area (Å²) < 4.78 is 1.37. The van der Waals surface area contributed by atoms with E-state index in [0.29, 0.717) is 10.5 Å². The maximum atomic E-state index is 12.3. The normalized spacial score (nSPS) is 12.3. The Balaban J connectivity index is 1.74. The van der Waals surface area contributed by atoms with Crippen molar-refractivity contribution < 1.29 is 9.90 Å². The Bertz CT molecular complexity index is 944. The molecule has 24 heavy (non-hydrogen) atoms. The molecule has 2 aromatic heterocycles. The number of rotatable bonds is 4. The van der Waals surface area contributed by atoms with Gasteiger partial charge in [0, 0.05) is 23.8 Å². The fourth-order valence-electron chi connectivity index (χ4n) is 2.34. The molecule has 0 aliphatic rings. The van der Waals surface area contributed by atoms with E-state index >= 15 is 0 Å². The zero-order valence-corrected chi connectivity index (χ0v) is 14.1. The Morgan fingerprint density at radius 3 is 2.75 bits per heavy atom. The highest BCUT2D eigenvalue weighted by Gasteiger charge is 2.16. The molecular weight excluding hydrogens is 326 g/mol. The third kappa shape index (κ3) is 3.22. The predicted octanol–water partition coefficient (Wildman–Crippen LogP) is 1.84. The van der Waals surface area contributed by atoms with Gasteiger partial charge in [-0.2, -0.15) is 0 Å². The van der Waals surface area contributed by atoms with Crippen molar-refractivity contribution >= 4 is 22.2 Å². The summed E-state index contributed by atoms with van der Waals surface area (Å²) >= 11 is 1.38. The van der Waals surface area contributed by atoms with Gasteiger partial charge < -0.3 is 10.4 Å². The fraction of sp³-hybridized carbons (Fsp3) is 0.235. The van der Waals surface area contributed by atoms with Crippen LogP contribution in [0.2, 0.25) is 0 Å². The largest absolute Gasteiger partial charge is 0.387 e. The van der Waals surface area contributed by atoms with Crippen molar-refractivity contribution in [2.75, 3.05) is 6.54 Å². The van der Waals surface area contributed by atoms with Gasteiger partial charge in [-0.3, -0.25) is 14.0 Å². The zero-order valence-electron chi connectivity index (χ0n) is 13.3. The number of nitrogens with zero attached hydrogens (tertiary/aromatic N) is 2. The number of aliphatic hydroxyl groups is 1. The van der Waals surface area contributed by atoms with Crippen LogP contribution >= 0.6 is 11.3 Å². The summed E-state index contributed by atoms with van der Waals surface area (Å²) in [6.07, 6.45) is 2.10. The standard InChI is InChI=1S/C17H17N3O3S/c1-10-3-5-12(6-4-10)14(21)8-18-15(22)13-7-19-17-20(16(13)23)9-11(2)24-17/h3-7,9,14,21H,8H2,1-2H3,(H,18,22). The minimum Gasteiger partial charge on any atom is -0.387 e. The van der Waals surface area contributed by atoms with Gasteiger partial charge in [-0.05, 0) is 19.4 Å². The maximum Gasteiger partial charge on any atom is 0.271 e. The molecule has 3 rings (SSSR count). The van der Waals surface area contributed by atoms with E-state index in [1.165, 1.54) is 21.9 Å². The van der Waals surface area contributed by atoms with Crippen LogP contribution < -0.4 is 10.9 Å². The average molecular weight is 343 g/mol. The topological polar surface area (TPSA) is 83.7 Å². The second-order valence-electron chi connectivity index (χ2n) is 5.61. The van der Waals surface area contributed by atoms with Gasteiger partial charge in [0.2, 0.25) is 0 Å². The zero-order chi connectivity index (χ0) is 17.3. The first-order valence-electron chi connectivity index (χ1n) is 7.46. The van der Waals surface area contributed by atoms with Crippen molar-refractivity contribution in [1.82, 2.24) is 14.7 Å². The molecule has 2 N–H and O–H groups in total. The number of thiazole rings is 1. The summed E-state index contributed by atoms with van der Waals surface area (Å²) in [6.45, 7) is 3.85. The first-order chi connectivity index (χ1) is 11.5. The molecule has 0 aliphatic carbocycles. The summed E-state index contributed by atoms with van der Waals surface area (Å²) in [5.41, 5.74) is 1.35. The lowest BCUT2D eigenvalue weighted by Crippen LogP contribution is -2.33. The molecule has 0 fully saturated rings. The molecule has 0 spiro atoms. The van der Waals surface area contributed by atoms with Gasteiger partial charge in [0.1, 0.15) is 5.56 Å². The molecule has 1 aromatic carbocycles. The number of aromatic nitrogens is 2. The number of carbonyl (C=O) groups is 1. The van der Waals surface area contributed by atoms with Crippen LogP contribution in [0.3, 0.4) is 0 Å². The van der Waals surface area contributed by atoms with Crippen molar-refractivity contribution in [3.8, 4) is 0 Å². The molecule has 0 saturated carbocycles. The molecule has 0 saturated heterocycles. The predicted molar refractivity (Wildman–Crippen MR) is 92.5 cm³/mol. The third-order valence-corrected chi connectivity index (χ3v) is 4.60. The molecule has 2 heterocycles. The van der Waals surface area contributed by atoms with E-state index in [9.17, 15) is 14.7 Å². The molecule has 6 nitrogen and oxygen atoms in total. The minimum absolute atomic E-state index is 0.0205. The van der Waals surface area contributed by atoms with E-state index in [-0.39, 0.29) is 12.1 Å².